The standard InChI is InChI=1S/C11H14N2OS/c14-11(13-6-4-12-5-7-13)2-1-10-3-8-15-9-10/h1-3,8-9,12H,4-7H2/b2-1+. The summed E-state index contributed by atoms with van der Waals surface area (Å²) in [6.45, 7) is 3.43. The quantitative estimate of drug-likeness (QED) is 0.762. The molecule has 1 aromatic rings. The lowest BCUT2D eigenvalue weighted by atomic mass is 10.3. The molecule has 1 aliphatic rings. The van der Waals surface area contributed by atoms with Gasteiger partial charge in [0.2, 0.25) is 5.91 Å². The number of hydrogen-bond acceptors (Lipinski definition) is 3. The molecule has 80 valence electrons. The lowest BCUT2D eigenvalue weighted by Gasteiger charge is -2.26. The lowest BCUT2D eigenvalue weighted by Crippen LogP contribution is -2.45. The van der Waals surface area contributed by atoms with Gasteiger partial charge < -0.3 is 10.2 Å². The van der Waals surface area contributed by atoms with Crippen LogP contribution in [0.5, 0.6) is 0 Å². The molecule has 0 aromatic carbocycles. The van der Waals surface area contributed by atoms with Gasteiger partial charge in [0, 0.05) is 32.3 Å². The van der Waals surface area contributed by atoms with Crippen LogP contribution >= 0.6 is 11.3 Å². The first-order valence-electron chi connectivity index (χ1n) is 5.06. The van der Waals surface area contributed by atoms with Crippen molar-refractivity contribution in [2.45, 2.75) is 0 Å². The number of rotatable bonds is 2. The van der Waals surface area contributed by atoms with Crippen molar-refractivity contribution >= 4 is 23.3 Å². The third-order valence-corrected chi connectivity index (χ3v) is 3.09. The van der Waals surface area contributed by atoms with Gasteiger partial charge in [-0.25, -0.2) is 0 Å². The first-order valence-corrected chi connectivity index (χ1v) is 6.00. The summed E-state index contributed by atoms with van der Waals surface area (Å²) >= 11 is 1.64. The van der Waals surface area contributed by atoms with E-state index in [1.807, 2.05) is 27.8 Å². The molecule has 1 aliphatic heterocycles. The minimum atomic E-state index is 0.114. The molecule has 0 bridgehead atoms. The van der Waals surface area contributed by atoms with Crippen molar-refractivity contribution in [2.24, 2.45) is 0 Å². The predicted molar refractivity (Wildman–Crippen MR) is 62.8 cm³/mol. The van der Waals surface area contributed by atoms with E-state index in [9.17, 15) is 4.79 Å². The topological polar surface area (TPSA) is 32.3 Å². The zero-order valence-electron chi connectivity index (χ0n) is 8.48. The summed E-state index contributed by atoms with van der Waals surface area (Å²) in [7, 11) is 0. The highest BCUT2D eigenvalue weighted by Crippen LogP contribution is 2.08. The molecular formula is C11H14N2OS. The SMILES string of the molecule is O=C(/C=C/c1ccsc1)N1CCNCC1. The second kappa shape index (κ2) is 5.09. The van der Waals surface area contributed by atoms with Crippen LogP contribution in [0, 0.1) is 0 Å². The lowest BCUT2D eigenvalue weighted by molar-refractivity contribution is -0.126. The van der Waals surface area contributed by atoms with E-state index in [0.717, 1.165) is 31.7 Å². The minimum absolute atomic E-state index is 0.114. The molecular weight excluding hydrogens is 208 g/mol. The zero-order chi connectivity index (χ0) is 10.5. The van der Waals surface area contributed by atoms with Crippen molar-refractivity contribution in [3.8, 4) is 0 Å². The number of amides is 1. The van der Waals surface area contributed by atoms with E-state index in [2.05, 4.69) is 5.32 Å². The maximum atomic E-state index is 11.7. The Labute approximate surface area is 93.4 Å². The molecule has 0 radical (unpaired) electrons. The maximum Gasteiger partial charge on any atom is 0.246 e. The van der Waals surface area contributed by atoms with Gasteiger partial charge in [-0.2, -0.15) is 11.3 Å². The number of nitrogens with zero attached hydrogens (tertiary/aromatic N) is 1. The smallest absolute Gasteiger partial charge is 0.246 e. The van der Waals surface area contributed by atoms with Crippen LogP contribution in [0.4, 0.5) is 0 Å². The highest BCUT2D eigenvalue weighted by molar-refractivity contribution is 7.08. The third kappa shape index (κ3) is 2.91. The number of nitrogens with one attached hydrogen (secondary N) is 1. The van der Waals surface area contributed by atoms with E-state index in [1.165, 1.54) is 0 Å². The summed E-state index contributed by atoms with van der Waals surface area (Å²) in [5.41, 5.74) is 1.10. The van der Waals surface area contributed by atoms with Crippen LogP contribution in [0.25, 0.3) is 6.08 Å². The number of hydrogen-bond donors (Lipinski definition) is 1. The van der Waals surface area contributed by atoms with Gasteiger partial charge in [-0.05, 0) is 28.5 Å². The fourth-order valence-electron chi connectivity index (χ4n) is 1.53. The maximum absolute atomic E-state index is 11.7. The minimum Gasteiger partial charge on any atom is -0.337 e. The van der Waals surface area contributed by atoms with Crippen LogP contribution in [0.3, 0.4) is 0 Å². The Morgan fingerprint density at radius 1 is 1.47 bits per heavy atom. The molecule has 15 heavy (non-hydrogen) atoms. The van der Waals surface area contributed by atoms with Crippen molar-refractivity contribution in [3.63, 3.8) is 0 Å². The molecule has 2 heterocycles. The van der Waals surface area contributed by atoms with Gasteiger partial charge in [0.05, 0.1) is 0 Å². The average molecular weight is 222 g/mol. The van der Waals surface area contributed by atoms with Crippen molar-refractivity contribution in [2.75, 3.05) is 26.2 Å². The number of carbonyl (C=O) groups excluding carboxylic acids is 1. The van der Waals surface area contributed by atoms with E-state index >= 15 is 0 Å². The van der Waals surface area contributed by atoms with Crippen molar-refractivity contribution in [3.05, 3.63) is 28.5 Å². The average Bonchev–Trinajstić information content (AvgIpc) is 2.80. The number of piperazine rings is 1. The van der Waals surface area contributed by atoms with E-state index in [4.69, 9.17) is 0 Å². The van der Waals surface area contributed by atoms with Crippen molar-refractivity contribution < 1.29 is 4.79 Å². The van der Waals surface area contributed by atoms with Crippen LogP contribution in [-0.2, 0) is 4.79 Å². The summed E-state index contributed by atoms with van der Waals surface area (Å²) in [5.74, 6) is 0.114. The molecule has 0 saturated carbocycles. The number of carbonyl (C=O) groups is 1. The van der Waals surface area contributed by atoms with Crippen LogP contribution < -0.4 is 5.32 Å². The largest absolute Gasteiger partial charge is 0.337 e. The van der Waals surface area contributed by atoms with Gasteiger partial charge in [0.15, 0.2) is 0 Å². The van der Waals surface area contributed by atoms with E-state index < -0.39 is 0 Å². The fourth-order valence-corrected chi connectivity index (χ4v) is 2.16. The second-order valence-electron chi connectivity index (χ2n) is 3.47. The molecule has 4 heteroatoms. The van der Waals surface area contributed by atoms with E-state index in [0.29, 0.717) is 0 Å². The van der Waals surface area contributed by atoms with Gasteiger partial charge in [-0.1, -0.05) is 0 Å². The van der Waals surface area contributed by atoms with Crippen LogP contribution in [0.15, 0.2) is 22.9 Å². The molecule has 2 rings (SSSR count). The van der Waals surface area contributed by atoms with Crippen molar-refractivity contribution in [1.29, 1.82) is 0 Å². The normalized spacial score (nSPS) is 17.2. The molecule has 1 amide bonds. The summed E-state index contributed by atoms with van der Waals surface area (Å²) in [6, 6.07) is 2.01. The van der Waals surface area contributed by atoms with Crippen molar-refractivity contribution in [1.82, 2.24) is 10.2 Å². The van der Waals surface area contributed by atoms with Gasteiger partial charge in [-0.15, -0.1) is 0 Å². The summed E-state index contributed by atoms with van der Waals surface area (Å²) in [5, 5.41) is 7.26. The van der Waals surface area contributed by atoms with Crippen LogP contribution in [0.1, 0.15) is 5.56 Å². The number of thiophene rings is 1. The van der Waals surface area contributed by atoms with Gasteiger partial charge in [0.25, 0.3) is 0 Å². The first-order chi connectivity index (χ1) is 7.36. The molecule has 1 N–H and O–H groups in total. The van der Waals surface area contributed by atoms with Gasteiger partial charge >= 0.3 is 0 Å². The summed E-state index contributed by atoms with van der Waals surface area (Å²) < 4.78 is 0. The molecule has 0 unspecified atom stereocenters. The zero-order valence-corrected chi connectivity index (χ0v) is 9.30. The Morgan fingerprint density at radius 2 is 2.27 bits per heavy atom. The fraction of sp³-hybridized carbons (Fsp3) is 0.364. The van der Waals surface area contributed by atoms with E-state index in [-0.39, 0.29) is 5.91 Å². The van der Waals surface area contributed by atoms with Crippen LogP contribution in [-0.4, -0.2) is 37.0 Å². The Kier molecular flexibility index (Phi) is 3.53. The molecule has 0 aliphatic carbocycles. The Balaban J connectivity index is 1.91. The molecule has 1 saturated heterocycles. The highest BCUT2D eigenvalue weighted by Gasteiger charge is 2.12. The first kappa shape index (κ1) is 10.4. The molecule has 0 spiro atoms. The Bertz CT molecular complexity index is 339. The Morgan fingerprint density at radius 3 is 2.93 bits per heavy atom. The Hall–Kier alpha value is -1.13. The van der Waals surface area contributed by atoms with Gasteiger partial charge in [-0.3, -0.25) is 4.79 Å². The van der Waals surface area contributed by atoms with Gasteiger partial charge in [0.1, 0.15) is 0 Å². The predicted octanol–water partition coefficient (Wildman–Crippen LogP) is 1.19. The molecule has 1 fully saturated rings. The van der Waals surface area contributed by atoms with Crippen LogP contribution in [0.2, 0.25) is 0 Å². The molecule has 0 atom stereocenters. The summed E-state index contributed by atoms with van der Waals surface area (Å²) in [6.07, 6.45) is 3.54. The molecule has 3 nitrogen and oxygen atoms in total. The van der Waals surface area contributed by atoms with E-state index in [1.54, 1.807) is 17.4 Å². The summed E-state index contributed by atoms with van der Waals surface area (Å²) in [4.78, 5) is 13.6. The second-order valence-corrected chi connectivity index (χ2v) is 4.25. The highest BCUT2D eigenvalue weighted by atomic mass is 32.1. The monoisotopic (exact) mass is 222 g/mol. The third-order valence-electron chi connectivity index (χ3n) is 2.39. The molecule has 1 aromatic heterocycles.